The summed E-state index contributed by atoms with van der Waals surface area (Å²) in [5, 5.41) is 19.0. The molecule has 0 unspecified atom stereocenters. The number of rotatable bonds is 4. The third-order valence-electron chi connectivity index (χ3n) is 4.29. The predicted octanol–water partition coefficient (Wildman–Crippen LogP) is 5.05. The molecule has 3 N–H and O–H groups in total. The number of hydrogen-bond donors (Lipinski definition) is 2. The molecule has 0 fully saturated rings. The van der Waals surface area contributed by atoms with E-state index in [1.54, 1.807) is 23.1 Å². The van der Waals surface area contributed by atoms with Gasteiger partial charge in [-0.05, 0) is 41.1 Å². The van der Waals surface area contributed by atoms with Gasteiger partial charge < -0.3 is 10.5 Å². The van der Waals surface area contributed by atoms with Crippen LogP contribution >= 0.6 is 39.0 Å². The fourth-order valence-electron chi connectivity index (χ4n) is 2.97. The Hall–Kier alpha value is -2.21. The maximum absolute atomic E-state index is 9.68. The third-order valence-corrected chi connectivity index (χ3v) is 7.09. The second kappa shape index (κ2) is 7.43. The molecule has 8 heteroatoms. The van der Waals surface area contributed by atoms with E-state index in [0.717, 1.165) is 20.6 Å². The third kappa shape index (κ3) is 3.50. The van der Waals surface area contributed by atoms with Gasteiger partial charge in [0, 0.05) is 25.4 Å². The number of aryl methyl sites for hydroxylation is 1. The van der Waals surface area contributed by atoms with Crippen LogP contribution in [0.2, 0.25) is 0 Å². The van der Waals surface area contributed by atoms with Gasteiger partial charge in [0.2, 0.25) is 11.8 Å². The number of nitrogens with two attached hydrogens (primary N) is 1. The fraction of sp³-hybridized carbons (Fsp3) is 0.158. The van der Waals surface area contributed by atoms with Gasteiger partial charge in [0.1, 0.15) is 11.6 Å². The summed E-state index contributed by atoms with van der Waals surface area (Å²) in [7, 11) is 0. The molecule has 3 heterocycles. The number of hydrogen-bond acceptors (Lipinski definition) is 6. The first-order chi connectivity index (χ1) is 13.1. The average molecular weight is 459 g/mol. The van der Waals surface area contributed by atoms with Crippen LogP contribution in [0.25, 0.3) is 0 Å². The summed E-state index contributed by atoms with van der Waals surface area (Å²) in [4.78, 5) is 2.19. The molecule has 136 valence electrons. The Bertz CT molecular complexity index is 1060. The van der Waals surface area contributed by atoms with Crippen LogP contribution in [0.1, 0.15) is 27.6 Å². The number of nitriles is 1. The lowest BCUT2D eigenvalue weighted by Crippen LogP contribution is -2.20. The molecule has 0 radical (unpaired) electrons. The van der Waals surface area contributed by atoms with Crippen molar-refractivity contribution in [1.29, 1.82) is 5.26 Å². The zero-order valence-electron chi connectivity index (χ0n) is 14.3. The van der Waals surface area contributed by atoms with Crippen molar-refractivity contribution in [2.45, 2.75) is 23.5 Å². The van der Waals surface area contributed by atoms with Crippen molar-refractivity contribution >= 4 is 39.0 Å². The number of aromatic nitrogens is 2. The van der Waals surface area contributed by atoms with Crippen LogP contribution in [0, 0.1) is 18.3 Å². The molecule has 1 aromatic carbocycles. The molecular weight excluding hydrogens is 444 g/mol. The number of fused-ring (bicyclic) bond motifs is 1. The number of thioether (sulfide) groups is 1. The van der Waals surface area contributed by atoms with Crippen LogP contribution in [-0.2, 0) is 5.75 Å². The van der Waals surface area contributed by atoms with Gasteiger partial charge in [0.05, 0.1) is 17.2 Å². The van der Waals surface area contributed by atoms with E-state index in [1.165, 1.54) is 10.5 Å². The monoisotopic (exact) mass is 458 g/mol. The Morgan fingerprint density at radius 1 is 1.41 bits per heavy atom. The molecule has 1 aliphatic rings. The zero-order valence-corrected chi connectivity index (χ0v) is 17.5. The maximum atomic E-state index is 9.68. The first kappa shape index (κ1) is 18.2. The van der Waals surface area contributed by atoms with Gasteiger partial charge in [0.25, 0.3) is 0 Å². The molecule has 0 aliphatic carbocycles. The van der Waals surface area contributed by atoms with Gasteiger partial charge in [-0.15, -0.1) is 28.2 Å². The van der Waals surface area contributed by atoms with Crippen molar-refractivity contribution < 1.29 is 4.74 Å². The van der Waals surface area contributed by atoms with Crippen LogP contribution in [-0.4, -0.2) is 10.2 Å². The van der Waals surface area contributed by atoms with Gasteiger partial charge in [-0.3, -0.25) is 5.10 Å². The summed E-state index contributed by atoms with van der Waals surface area (Å²) < 4.78 is 6.60. The van der Waals surface area contributed by atoms with Gasteiger partial charge in [0.15, 0.2) is 0 Å². The molecule has 1 aliphatic heterocycles. The molecule has 3 aromatic rings. The average Bonchev–Trinajstić information content (AvgIpc) is 3.26. The quantitative estimate of drug-likeness (QED) is 0.533. The van der Waals surface area contributed by atoms with E-state index in [9.17, 15) is 5.26 Å². The summed E-state index contributed by atoms with van der Waals surface area (Å²) >= 11 is 6.78. The molecule has 0 amide bonds. The van der Waals surface area contributed by atoms with Gasteiger partial charge in [-0.1, -0.05) is 17.7 Å². The highest BCUT2D eigenvalue weighted by Crippen LogP contribution is 2.46. The van der Waals surface area contributed by atoms with E-state index in [-0.39, 0.29) is 11.8 Å². The maximum Gasteiger partial charge on any atom is 0.244 e. The van der Waals surface area contributed by atoms with Crippen molar-refractivity contribution in [3.05, 3.63) is 73.3 Å². The van der Waals surface area contributed by atoms with Gasteiger partial charge >= 0.3 is 0 Å². The molecule has 2 aromatic heterocycles. The van der Waals surface area contributed by atoms with Gasteiger partial charge in [-0.25, -0.2) is 0 Å². The second-order valence-electron chi connectivity index (χ2n) is 6.11. The van der Waals surface area contributed by atoms with E-state index in [4.69, 9.17) is 10.5 Å². The molecule has 0 saturated carbocycles. The molecular formula is C19H15BrN4OS2. The minimum atomic E-state index is -0.276. The van der Waals surface area contributed by atoms with E-state index < -0.39 is 0 Å². The Morgan fingerprint density at radius 2 is 2.19 bits per heavy atom. The lowest BCUT2D eigenvalue weighted by molar-refractivity contribution is 0.379. The van der Waals surface area contributed by atoms with Crippen molar-refractivity contribution in [2.75, 3.05) is 0 Å². The van der Waals surface area contributed by atoms with Crippen molar-refractivity contribution in [3.63, 3.8) is 0 Å². The van der Waals surface area contributed by atoms with Crippen molar-refractivity contribution in [1.82, 2.24) is 10.2 Å². The molecule has 0 saturated heterocycles. The Morgan fingerprint density at radius 3 is 2.85 bits per heavy atom. The number of ether oxygens (including phenoxy) is 1. The number of nitrogens with one attached hydrogen (secondary N) is 1. The molecule has 0 bridgehead atoms. The summed E-state index contributed by atoms with van der Waals surface area (Å²) in [6.07, 6.45) is 0. The number of halogens is 1. The van der Waals surface area contributed by atoms with Crippen LogP contribution in [0.15, 0.2) is 56.5 Å². The van der Waals surface area contributed by atoms with Gasteiger partial charge in [-0.2, -0.15) is 5.26 Å². The lowest BCUT2D eigenvalue weighted by Gasteiger charge is -2.22. The molecule has 1 atom stereocenters. The summed E-state index contributed by atoms with van der Waals surface area (Å²) in [6, 6.07) is 12.6. The van der Waals surface area contributed by atoms with Crippen LogP contribution in [0.3, 0.4) is 0 Å². The number of benzene rings is 1. The van der Waals surface area contributed by atoms with E-state index in [0.29, 0.717) is 17.2 Å². The topological polar surface area (TPSA) is 87.7 Å². The summed E-state index contributed by atoms with van der Waals surface area (Å²) in [5.74, 6) is 0.975. The Kier molecular flexibility index (Phi) is 5.00. The highest BCUT2D eigenvalue weighted by molar-refractivity contribution is 9.10. The normalized spacial score (nSPS) is 16.0. The van der Waals surface area contributed by atoms with E-state index >= 15 is 0 Å². The number of nitrogens with zero attached hydrogens (tertiary/aromatic N) is 2. The van der Waals surface area contributed by atoms with Crippen LogP contribution < -0.4 is 10.5 Å². The Balaban J connectivity index is 1.70. The lowest BCUT2D eigenvalue weighted by atomic mass is 9.89. The highest BCUT2D eigenvalue weighted by Gasteiger charge is 2.35. The minimum Gasteiger partial charge on any atom is -0.420 e. The molecule has 0 spiro atoms. The largest absolute Gasteiger partial charge is 0.420 e. The number of allylic oxidation sites excluding steroid dienone is 1. The predicted molar refractivity (Wildman–Crippen MR) is 111 cm³/mol. The van der Waals surface area contributed by atoms with E-state index in [1.807, 2.05) is 11.4 Å². The fourth-order valence-corrected chi connectivity index (χ4v) is 5.39. The summed E-state index contributed by atoms with van der Waals surface area (Å²) in [5.41, 5.74) is 9.46. The van der Waals surface area contributed by atoms with Crippen molar-refractivity contribution in [3.8, 4) is 11.9 Å². The number of aromatic amines is 1. The molecule has 5 nitrogen and oxygen atoms in total. The highest BCUT2D eigenvalue weighted by atomic mass is 79.9. The van der Waals surface area contributed by atoms with Crippen LogP contribution in [0.5, 0.6) is 5.88 Å². The number of H-pyrrole nitrogens is 1. The first-order valence-corrected chi connectivity index (χ1v) is 10.8. The zero-order chi connectivity index (χ0) is 19.0. The van der Waals surface area contributed by atoms with Crippen LogP contribution in [0.4, 0.5) is 0 Å². The van der Waals surface area contributed by atoms with Crippen molar-refractivity contribution in [2.24, 2.45) is 5.73 Å². The summed E-state index contributed by atoms with van der Waals surface area (Å²) in [6.45, 7) is 2.07. The smallest absolute Gasteiger partial charge is 0.244 e. The molecule has 4 rings (SSSR count). The molecule has 27 heavy (non-hydrogen) atoms. The minimum absolute atomic E-state index is 0.115. The first-order valence-electron chi connectivity index (χ1n) is 8.15. The SMILES string of the molecule is Cc1ccc(SCc2[nH]nc3c2[C@@H](c2cc(Br)cs2)C(C#N)=C(N)O3)cc1. The standard InChI is InChI=1S/C19H15BrN4OS2/c1-10-2-4-12(5-3-10)26-9-14-17-16(15-6-11(20)8-27-15)13(7-21)18(22)25-19(17)24-23-14/h2-6,8,16H,9,22H2,1H3,(H,23,24)/t16-/m1/s1. The van der Waals surface area contributed by atoms with E-state index in [2.05, 4.69) is 63.4 Å². The number of thiophene rings is 1. The second-order valence-corrected chi connectivity index (χ2v) is 9.02. The Labute approximate surface area is 173 Å².